The third kappa shape index (κ3) is 3.76. The summed E-state index contributed by atoms with van der Waals surface area (Å²) < 4.78 is 1.80. The molecule has 0 aromatic carbocycles. The standard InChI is InChI=1S/C14H17N5O.2ClH/c1-18(12-4-5-15-9-12)14(20)11-2-3-13(17-8-11)19-7-6-16-10-19;;/h2-3,6-8,10,12,15H,4-5,9H2,1H3;2*1H. The molecule has 120 valence electrons. The molecular formula is C14H19Cl2N5O. The summed E-state index contributed by atoms with van der Waals surface area (Å²) in [5, 5.41) is 3.27. The fourth-order valence-corrected chi connectivity index (χ4v) is 2.40. The fourth-order valence-electron chi connectivity index (χ4n) is 2.40. The van der Waals surface area contributed by atoms with Gasteiger partial charge in [0.15, 0.2) is 0 Å². The molecule has 1 aliphatic heterocycles. The van der Waals surface area contributed by atoms with Gasteiger partial charge in [0, 0.05) is 38.2 Å². The van der Waals surface area contributed by atoms with Crippen LogP contribution < -0.4 is 5.32 Å². The summed E-state index contributed by atoms with van der Waals surface area (Å²) in [5.74, 6) is 0.771. The minimum absolute atomic E-state index is 0. The fraction of sp³-hybridized carbons (Fsp3) is 0.357. The Morgan fingerprint density at radius 1 is 1.41 bits per heavy atom. The number of nitrogens with zero attached hydrogens (tertiary/aromatic N) is 4. The van der Waals surface area contributed by atoms with Gasteiger partial charge in [-0.25, -0.2) is 9.97 Å². The summed E-state index contributed by atoms with van der Waals surface area (Å²) >= 11 is 0. The summed E-state index contributed by atoms with van der Waals surface area (Å²) in [6.45, 7) is 1.84. The Bertz CT molecular complexity index is 582. The summed E-state index contributed by atoms with van der Waals surface area (Å²) in [6, 6.07) is 3.91. The van der Waals surface area contributed by atoms with Crippen LogP contribution >= 0.6 is 24.8 Å². The quantitative estimate of drug-likeness (QED) is 0.918. The van der Waals surface area contributed by atoms with Crippen molar-refractivity contribution in [2.24, 2.45) is 0 Å². The number of nitrogens with one attached hydrogen (secondary N) is 1. The Balaban J connectivity index is 0.00000121. The van der Waals surface area contributed by atoms with Crippen molar-refractivity contribution >= 4 is 30.7 Å². The monoisotopic (exact) mass is 343 g/mol. The van der Waals surface area contributed by atoms with Gasteiger partial charge in [0.05, 0.1) is 5.56 Å². The molecule has 0 spiro atoms. The molecule has 1 N–H and O–H groups in total. The van der Waals surface area contributed by atoms with Crippen LogP contribution in [-0.4, -0.2) is 51.5 Å². The third-order valence-corrected chi connectivity index (χ3v) is 3.67. The first-order valence-corrected chi connectivity index (χ1v) is 6.68. The molecule has 1 atom stereocenters. The molecule has 3 heterocycles. The van der Waals surface area contributed by atoms with Crippen LogP contribution in [0.1, 0.15) is 16.8 Å². The number of imidazole rings is 1. The zero-order valence-electron chi connectivity index (χ0n) is 12.2. The van der Waals surface area contributed by atoms with Crippen LogP contribution in [0, 0.1) is 0 Å². The predicted octanol–water partition coefficient (Wildman–Crippen LogP) is 1.54. The number of amides is 1. The smallest absolute Gasteiger partial charge is 0.255 e. The second-order valence-corrected chi connectivity index (χ2v) is 4.94. The van der Waals surface area contributed by atoms with Crippen molar-refractivity contribution in [2.45, 2.75) is 12.5 Å². The molecule has 0 radical (unpaired) electrons. The second kappa shape index (κ2) is 8.12. The van der Waals surface area contributed by atoms with Crippen molar-refractivity contribution in [1.82, 2.24) is 24.8 Å². The van der Waals surface area contributed by atoms with E-state index in [1.807, 2.05) is 25.4 Å². The number of aromatic nitrogens is 3. The Morgan fingerprint density at radius 3 is 2.77 bits per heavy atom. The van der Waals surface area contributed by atoms with Crippen LogP contribution in [0.4, 0.5) is 0 Å². The van der Waals surface area contributed by atoms with Crippen LogP contribution in [0.2, 0.25) is 0 Å². The molecule has 2 aromatic heterocycles. The zero-order chi connectivity index (χ0) is 13.9. The molecule has 8 heteroatoms. The first kappa shape index (κ1) is 18.4. The number of hydrogen-bond donors (Lipinski definition) is 1. The van der Waals surface area contributed by atoms with Crippen LogP contribution in [0.15, 0.2) is 37.1 Å². The highest BCUT2D eigenvalue weighted by Crippen LogP contribution is 2.12. The van der Waals surface area contributed by atoms with Crippen LogP contribution in [0.25, 0.3) is 5.82 Å². The van der Waals surface area contributed by atoms with Gasteiger partial charge >= 0.3 is 0 Å². The lowest BCUT2D eigenvalue weighted by atomic mass is 10.2. The molecule has 0 aliphatic carbocycles. The van der Waals surface area contributed by atoms with Crippen LogP contribution in [0.5, 0.6) is 0 Å². The summed E-state index contributed by atoms with van der Waals surface area (Å²) in [5.41, 5.74) is 0.614. The maximum Gasteiger partial charge on any atom is 0.255 e. The molecule has 1 saturated heterocycles. The van der Waals surface area contributed by atoms with Gasteiger partial charge in [-0.2, -0.15) is 0 Å². The number of hydrogen-bond acceptors (Lipinski definition) is 4. The van der Waals surface area contributed by atoms with Gasteiger partial charge < -0.3 is 10.2 Å². The van der Waals surface area contributed by atoms with Crippen molar-refractivity contribution in [3.63, 3.8) is 0 Å². The van der Waals surface area contributed by atoms with E-state index in [-0.39, 0.29) is 36.8 Å². The number of rotatable bonds is 3. The van der Waals surface area contributed by atoms with Gasteiger partial charge in [0.2, 0.25) is 0 Å². The first-order chi connectivity index (χ1) is 9.75. The van der Waals surface area contributed by atoms with Crippen molar-refractivity contribution < 1.29 is 4.79 Å². The Morgan fingerprint density at radius 2 is 2.23 bits per heavy atom. The van der Waals surface area contributed by atoms with Crippen molar-refractivity contribution in [3.8, 4) is 5.82 Å². The minimum Gasteiger partial charge on any atom is -0.337 e. The molecular weight excluding hydrogens is 325 g/mol. The average molecular weight is 344 g/mol. The molecule has 6 nitrogen and oxygen atoms in total. The Hall–Kier alpha value is -1.63. The molecule has 1 fully saturated rings. The molecule has 0 saturated carbocycles. The van der Waals surface area contributed by atoms with E-state index in [1.54, 1.807) is 28.2 Å². The maximum absolute atomic E-state index is 12.4. The van der Waals surface area contributed by atoms with Gasteiger partial charge in [0.1, 0.15) is 12.1 Å². The van der Waals surface area contributed by atoms with Crippen molar-refractivity contribution in [2.75, 3.05) is 20.1 Å². The highest BCUT2D eigenvalue weighted by molar-refractivity contribution is 5.94. The molecule has 1 unspecified atom stereocenters. The first-order valence-electron chi connectivity index (χ1n) is 6.68. The average Bonchev–Trinajstić information content (AvgIpc) is 3.18. The molecule has 3 rings (SSSR count). The van der Waals surface area contributed by atoms with Gasteiger partial charge in [0.25, 0.3) is 5.91 Å². The van der Waals surface area contributed by atoms with Crippen molar-refractivity contribution in [1.29, 1.82) is 0 Å². The van der Waals surface area contributed by atoms with Crippen molar-refractivity contribution in [3.05, 3.63) is 42.6 Å². The zero-order valence-corrected chi connectivity index (χ0v) is 13.8. The van der Waals surface area contributed by atoms with E-state index >= 15 is 0 Å². The molecule has 0 bridgehead atoms. The summed E-state index contributed by atoms with van der Waals surface area (Å²) in [6.07, 6.45) is 7.82. The highest BCUT2D eigenvalue weighted by Gasteiger charge is 2.24. The van der Waals surface area contributed by atoms with E-state index in [9.17, 15) is 4.79 Å². The Kier molecular flexibility index (Phi) is 6.80. The highest BCUT2D eigenvalue weighted by atomic mass is 35.5. The van der Waals surface area contributed by atoms with E-state index in [1.165, 1.54) is 0 Å². The molecule has 1 amide bonds. The maximum atomic E-state index is 12.4. The molecule has 22 heavy (non-hydrogen) atoms. The third-order valence-electron chi connectivity index (χ3n) is 3.67. The lowest BCUT2D eigenvalue weighted by Crippen LogP contribution is -2.38. The number of halogens is 2. The second-order valence-electron chi connectivity index (χ2n) is 4.94. The lowest BCUT2D eigenvalue weighted by Gasteiger charge is -2.23. The van der Waals surface area contributed by atoms with Crippen LogP contribution in [-0.2, 0) is 0 Å². The van der Waals surface area contributed by atoms with Gasteiger partial charge in [-0.15, -0.1) is 24.8 Å². The summed E-state index contributed by atoms with van der Waals surface area (Å²) in [7, 11) is 1.85. The minimum atomic E-state index is 0. The number of carbonyl (C=O) groups excluding carboxylic acids is 1. The number of carbonyl (C=O) groups is 1. The number of likely N-dealkylation sites (N-methyl/N-ethyl adjacent to an activating group) is 1. The number of pyridine rings is 1. The van der Waals surface area contributed by atoms with Gasteiger partial charge in [-0.3, -0.25) is 9.36 Å². The van der Waals surface area contributed by atoms with Gasteiger partial charge in [-0.05, 0) is 25.1 Å². The molecule has 1 aliphatic rings. The lowest BCUT2D eigenvalue weighted by molar-refractivity contribution is 0.0743. The SMILES string of the molecule is CN(C(=O)c1ccc(-n2ccnc2)nc1)C1CCNC1.Cl.Cl. The van der Waals surface area contributed by atoms with E-state index in [2.05, 4.69) is 15.3 Å². The van der Waals surface area contributed by atoms with E-state index in [4.69, 9.17) is 0 Å². The largest absolute Gasteiger partial charge is 0.337 e. The normalized spacial score (nSPS) is 16.5. The summed E-state index contributed by atoms with van der Waals surface area (Å²) in [4.78, 5) is 22.5. The topological polar surface area (TPSA) is 63.1 Å². The van der Waals surface area contributed by atoms with E-state index < -0.39 is 0 Å². The predicted molar refractivity (Wildman–Crippen MR) is 89.2 cm³/mol. The molecule has 2 aromatic rings. The van der Waals surface area contributed by atoms with E-state index in [0.717, 1.165) is 25.3 Å². The van der Waals surface area contributed by atoms with Gasteiger partial charge in [-0.1, -0.05) is 0 Å². The van der Waals surface area contributed by atoms with Crippen LogP contribution in [0.3, 0.4) is 0 Å². The van der Waals surface area contributed by atoms with E-state index in [0.29, 0.717) is 5.56 Å². The Labute approximate surface area is 141 Å².